The van der Waals surface area contributed by atoms with E-state index in [1.807, 2.05) is 24.3 Å². The molecule has 1 fully saturated rings. The summed E-state index contributed by atoms with van der Waals surface area (Å²) < 4.78 is 5.35. The number of hydrogen-bond acceptors (Lipinski definition) is 6. The Hall–Kier alpha value is -2.05. The second kappa shape index (κ2) is 6.81. The zero-order valence-corrected chi connectivity index (χ0v) is 12.9. The number of nitrogens with one attached hydrogen (secondary N) is 1. The Balaban J connectivity index is 1.72. The monoisotopic (exact) mass is 319 g/mol. The lowest BCUT2D eigenvalue weighted by atomic mass is 10.2. The van der Waals surface area contributed by atoms with E-state index >= 15 is 0 Å². The van der Waals surface area contributed by atoms with Crippen molar-refractivity contribution in [1.82, 2.24) is 9.97 Å². The van der Waals surface area contributed by atoms with Crippen molar-refractivity contribution in [2.45, 2.75) is 6.54 Å². The Morgan fingerprint density at radius 1 is 1.18 bits per heavy atom. The Morgan fingerprint density at radius 3 is 2.64 bits per heavy atom. The van der Waals surface area contributed by atoms with E-state index in [0.29, 0.717) is 31.3 Å². The molecular formula is C15H18ClN5O. The maximum atomic E-state index is 6.21. The van der Waals surface area contributed by atoms with E-state index in [4.69, 9.17) is 22.1 Å². The smallest absolute Gasteiger partial charge is 0.157 e. The number of nitrogens with two attached hydrogens (primary N) is 1. The Kier molecular flexibility index (Phi) is 4.60. The number of anilines is 3. The van der Waals surface area contributed by atoms with Gasteiger partial charge in [0.2, 0.25) is 0 Å². The molecule has 3 N–H and O–H groups in total. The van der Waals surface area contributed by atoms with Crippen molar-refractivity contribution < 1.29 is 4.74 Å². The molecule has 22 heavy (non-hydrogen) atoms. The van der Waals surface area contributed by atoms with E-state index < -0.39 is 0 Å². The van der Waals surface area contributed by atoms with Gasteiger partial charge in [-0.25, -0.2) is 9.97 Å². The molecule has 0 aliphatic carbocycles. The summed E-state index contributed by atoms with van der Waals surface area (Å²) >= 11 is 5.88. The molecule has 1 aliphatic rings. The fourth-order valence-electron chi connectivity index (χ4n) is 2.34. The van der Waals surface area contributed by atoms with Gasteiger partial charge < -0.3 is 20.7 Å². The van der Waals surface area contributed by atoms with Crippen LogP contribution in [-0.4, -0.2) is 36.3 Å². The molecule has 1 aliphatic heterocycles. The molecule has 0 amide bonds. The maximum absolute atomic E-state index is 6.21. The molecule has 2 heterocycles. The van der Waals surface area contributed by atoms with Crippen molar-refractivity contribution in [3.63, 3.8) is 0 Å². The molecule has 0 unspecified atom stereocenters. The van der Waals surface area contributed by atoms with Crippen LogP contribution in [0.1, 0.15) is 5.56 Å². The number of aromatic nitrogens is 2. The normalized spacial score (nSPS) is 14.9. The molecule has 1 aromatic carbocycles. The summed E-state index contributed by atoms with van der Waals surface area (Å²) in [6, 6.07) is 7.66. The number of ether oxygens (including phenoxy) is 1. The average molecular weight is 320 g/mol. The van der Waals surface area contributed by atoms with E-state index in [2.05, 4.69) is 20.2 Å². The standard InChI is InChI=1S/C15H18ClN5O/c16-12-3-1-11(2-4-12)9-18-14-13(17)15(20-10-19-14)21-5-7-22-8-6-21/h1-4,10H,5-9,17H2,(H,18,19,20). The molecule has 0 radical (unpaired) electrons. The van der Waals surface area contributed by atoms with E-state index in [0.717, 1.165) is 29.5 Å². The summed E-state index contributed by atoms with van der Waals surface area (Å²) in [5, 5.41) is 3.97. The number of halogens is 1. The summed E-state index contributed by atoms with van der Waals surface area (Å²) in [5.41, 5.74) is 7.89. The van der Waals surface area contributed by atoms with Crippen molar-refractivity contribution in [3.8, 4) is 0 Å². The number of hydrogen-bond donors (Lipinski definition) is 2. The first kappa shape index (κ1) is 14.9. The largest absolute Gasteiger partial charge is 0.393 e. The fourth-order valence-corrected chi connectivity index (χ4v) is 2.47. The molecule has 3 rings (SSSR count). The lowest BCUT2D eigenvalue weighted by molar-refractivity contribution is 0.122. The minimum atomic E-state index is 0.568. The van der Waals surface area contributed by atoms with Crippen LogP contribution in [0.15, 0.2) is 30.6 Å². The molecule has 0 saturated carbocycles. The first-order chi connectivity index (χ1) is 10.7. The number of benzene rings is 1. The molecule has 7 heteroatoms. The molecule has 2 aromatic rings. The van der Waals surface area contributed by atoms with Crippen molar-refractivity contribution in [3.05, 3.63) is 41.2 Å². The third-order valence-electron chi connectivity index (χ3n) is 3.55. The van der Waals surface area contributed by atoms with Gasteiger partial charge in [-0.15, -0.1) is 0 Å². The van der Waals surface area contributed by atoms with Gasteiger partial charge in [0.1, 0.15) is 12.0 Å². The second-order valence-corrected chi connectivity index (χ2v) is 5.48. The maximum Gasteiger partial charge on any atom is 0.157 e. The van der Waals surface area contributed by atoms with Gasteiger partial charge in [0.05, 0.1) is 13.2 Å². The summed E-state index contributed by atoms with van der Waals surface area (Å²) in [6.45, 7) is 3.59. The van der Waals surface area contributed by atoms with E-state index in [-0.39, 0.29) is 0 Å². The lowest BCUT2D eigenvalue weighted by Crippen LogP contribution is -2.37. The number of nitrogens with zero attached hydrogens (tertiary/aromatic N) is 3. The lowest BCUT2D eigenvalue weighted by Gasteiger charge is -2.29. The summed E-state index contributed by atoms with van der Waals surface area (Å²) in [6.07, 6.45) is 1.53. The van der Waals surface area contributed by atoms with Gasteiger partial charge in [0, 0.05) is 24.7 Å². The third kappa shape index (κ3) is 3.40. The predicted octanol–water partition coefficient (Wildman–Crippen LogP) is 2.16. The van der Waals surface area contributed by atoms with Crippen LogP contribution in [0, 0.1) is 0 Å². The van der Waals surface area contributed by atoms with Crippen molar-refractivity contribution in [2.75, 3.05) is 42.3 Å². The molecule has 0 spiro atoms. The first-order valence-electron chi connectivity index (χ1n) is 7.15. The van der Waals surface area contributed by atoms with Crippen LogP contribution in [0.4, 0.5) is 17.3 Å². The molecular weight excluding hydrogens is 302 g/mol. The minimum Gasteiger partial charge on any atom is -0.393 e. The highest BCUT2D eigenvalue weighted by atomic mass is 35.5. The zero-order chi connectivity index (χ0) is 15.4. The summed E-state index contributed by atoms with van der Waals surface area (Å²) in [4.78, 5) is 10.7. The van der Waals surface area contributed by atoms with Crippen LogP contribution in [0.25, 0.3) is 0 Å². The van der Waals surface area contributed by atoms with Gasteiger partial charge in [-0.1, -0.05) is 23.7 Å². The van der Waals surface area contributed by atoms with Gasteiger partial charge in [-0.3, -0.25) is 0 Å². The molecule has 1 saturated heterocycles. The number of rotatable bonds is 4. The Bertz CT molecular complexity index is 628. The molecule has 6 nitrogen and oxygen atoms in total. The van der Waals surface area contributed by atoms with Crippen molar-refractivity contribution in [1.29, 1.82) is 0 Å². The Morgan fingerprint density at radius 2 is 1.91 bits per heavy atom. The predicted molar refractivity (Wildman–Crippen MR) is 88.3 cm³/mol. The third-order valence-corrected chi connectivity index (χ3v) is 3.80. The van der Waals surface area contributed by atoms with E-state index in [1.165, 1.54) is 6.33 Å². The highest BCUT2D eigenvalue weighted by Gasteiger charge is 2.17. The topological polar surface area (TPSA) is 76.3 Å². The van der Waals surface area contributed by atoms with E-state index in [9.17, 15) is 0 Å². The fraction of sp³-hybridized carbons (Fsp3) is 0.333. The molecule has 0 bridgehead atoms. The zero-order valence-electron chi connectivity index (χ0n) is 12.1. The van der Waals surface area contributed by atoms with Gasteiger partial charge in [-0.05, 0) is 17.7 Å². The summed E-state index contributed by atoms with van der Waals surface area (Å²) in [7, 11) is 0. The highest BCUT2D eigenvalue weighted by molar-refractivity contribution is 6.30. The van der Waals surface area contributed by atoms with Gasteiger partial charge in [0.25, 0.3) is 0 Å². The molecule has 116 valence electrons. The first-order valence-corrected chi connectivity index (χ1v) is 7.53. The number of nitrogen functional groups attached to an aromatic ring is 1. The quantitative estimate of drug-likeness (QED) is 0.899. The van der Waals surface area contributed by atoms with Crippen LogP contribution in [0.5, 0.6) is 0 Å². The van der Waals surface area contributed by atoms with Gasteiger partial charge in [-0.2, -0.15) is 0 Å². The van der Waals surface area contributed by atoms with E-state index in [1.54, 1.807) is 0 Å². The SMILES string of the molecule is Nc1c(NCc2ccc(Cl)cc2)ncnc1N1CCOCC1. The number of morpholine rings is 1. The van der Waals surface area contributed by atoms with Gasteiger partial charge in [0.15, 0.2) is 11.6 Å². The average Bonchev–Trinajstić information content (AvgIpc) is 2.56. The summed E-state index contributed by atoms with van der Waals surface area (Å²) in [5.74, 6) is 1.41. The van der Waals surface area contributed by atoms with Crippen LogP contribution in [0.3, 0.4) is 0 Å². The molecule has 0 atom stereocenters. The Labute approximate surface area is 134 Å². The van der Waals surface area contributed by atoms with Gasteiger partial charge >= 0.3 is 0 Å². The van der Waals surface area contributed by atoms with Crippen LogP contribution >= 0.6 is 11.6 Å². The minimum absolute atomic E-state index is 0.568. The highest BCUT2D eigenvalue weighted by Crippen LogP contribution is 2.27. The second-order valence-electron chi connectivity index (χ2n) is 5.04. The van der Waals surface area contributed by atoms with Crippen LogP contribution in [0.2, 0.25) is 5.02 Å². The van der Waals surface area contributed by atoms with Crippen LogP contribution < -0.4 is 16.0 Å². The van der Waals surface area contributed by atoms with Crippen molar-refractivity contribution in [2.24, 2.45) is 0 Å². The molecule has 1 aromatic heterocycles. The van der Waals surface area contributed by atoms with Crippen molar-refractivity contribution >= 4 is 28.9 Å². The van der Waals surface area contributed by atoms with Crippen LogP contribution in [-0.2, 0) is 11.3 Å².